The smallest absolute Gasteiger partial charge is 0.309 e. The quantitative estimate of drug-likeness (QED) is 0.182. The SMILES string of the molecule is CCCCCCC(C)CCCCCCCCCCOC(=O)C1CCCCC1C(=O)O. The summed E-state index contributed by atoms with van der Waals surface area (Å²) in [5, 5.41) is 9.28. The fourth-order valence-electron chi connectivity index (χ4n) is 4.71. The molecule has 176 valence electrons. The van der Waals surface area contributed by atoms with Gasteiger partial charge in [-0.1, -0.05) is 110 Å². The van der Waals surface area contributed by atoms with Gasteiger partial charge in [-0.05, 0) is 25.2 Å². The van der Waals surface area contributed by atoms with Gasteiger partial charge in [0, 0.05) is 0 Å². The van der Waals surface area contributed by atoms with Crippen molar-refractivity contribution >= 4 is 11.9 Å². The Morgan fingerprint density at radius 3 is 1.87 bits per heavy atom. The summed E-state index contributed by atoms with van der Waals surface area (Å²) in [7, 11) is 0. The second-order valence-corrected chi connectivity index (χ2v) is 9.57. The largest absolute Gasteiger partial charge is 0.481 e. The first-order chi connectivity index (χ1) is 14.6. The average Bonchev–Trinajstić information content (AvgIpc) is 2.74. The number of hydrogen-bond donors (Lipinski definition) is 1. The van der Waals surface area contributed by atoms with E-state index in [1.54, 1.807) is 0 Å². The van der Waals surface area contributed by atoms with Crippen molar-refractivity contribution in [3.05, 3.63) is 0 Å². The number of carboxylic acid groups (broad SMARTS) is 1. The summed E-state index contributed by atoms with van der Waals surface area (Å²) in [4.78, 5) is 23.5. The molecule has 0 amide bonds. The molecule has 0 spiro atoms. The fraction of sp³-hybridized carbons (Fsp3) is 0.923. The summed E-state index contributed by atoms with van der Waals surface area (Å²) in [6, 6.07) is 0. The van der Waals surface area contributed by atoms with E-state index in [4.69, 9.17) is 4.74 Å². The zero-order valence-electron chi connectivity index (χ0n) is 19.8. The molecular formula is C26H48O4. The molecule has 1 saturated carbocycles. The summed E-state index contributed by atoms with van der Waals surface area (Å²) in [5.41, 5.74) is 0. The van der Waals surface area contributed by atoms with Crippen LogP contribution in [0.5, 0.6) is 0 Å². The molecular weight excluding hydrogens is 376 g/mol. The Morgan fingerprint density at radius 2 is 1.30 bits per heavy atom. The van der Waals surface area contributed by atoms with Crippen molar-refractivity contribution in [3.8, 4) is 0 Å². The number of carboxylic acids is 1. The van der Waals surface area contributed by atoms with Gasteiger partial charge in [0.1, 0.15) is 0 Å². The number of hydrogen-bond acceptors (Lipinski definition) is 3. The lowest BCUT2D eigenvalue weighted by Gasteiger charge is -2.26. The maximum absolute atomic E-state index is 12.2. The third-order valence-electron chi connectivity index (χ3n) is 6.77. The van der Waals surface area contributed by atoms with Gasteiger partial charge in [0.05, 0.1) is 18.4 Å². The molecule has 0 heterocycles. The Hall–Kier alpha value is -1.06. The van der Waals surface area contributed by atoms with Gasteiger partial charge in [0.15, 0.2) is 0 Å². The first kappa shape index (κ1) is 27.0. The van der Waals surface area contributed by atoms with Crippen molar-refractivity contribution in [1.29, 1.82) is 0 Å². The van der Waals surface area contributed by atoms with E-state index >= 15 is 0 Å². The molecule has 1 rings (SSSR count). The molecule has 0 aliphatic heterocycles. The Labute approximate surface area is 185 Å². The molecule has 4 nitrogen and oxygen atoms in total. The topological polar surface area (TPSA) is 63.6 Å². The molecule has 4 heteroatoms. The third-order valence-corrected chi connectivity index (χ3v) is 6.77. The predicted molar refractivity (Wildman–Crippen MR) is 124 cm³/mol. The first-order valence-corrected chi connectivity index (χ1v) is 13.0. The third kappa shape index (κ3) is 12.6. The molecule has 0 aromatic carbocycles. The number of esters is 1. The first-order valence-electron chi connectivity index (χ1n) is 13.0. The standard InChI is InChI=1S/C26H48O4/c1-3-4-5-12-17-22(2)18-13-10-8-6-7-9-11-16-21-30-26(29)24-20-15-14-19-23(24)25(27)28/h22-24H,3-21H2,1-2H3,(H,27,28). The molecule has 1 N–H and O–H groups in total. The highest BCUT2D eigenvalue weighted by Gasteiger charge is 2.36. The molecule has 3 unspecified atom stereocenters. The normalized spacial score (nSPS) is 20.1. The van der Waals surface area contributed by atoms with Crippen LogP contribution in [0, 0.1) is 17.8 Å². The van der Waals surface area contributed by atoms with Crippen molar-refractivity contribution in [3.63, 3.8) is 0 Å². The van der Waals surface area contributed by atoms with Gasteiger partial charge in [0.2, 0.25) is 0 Å². The van der Waals surface area contributed by atoms with Crippen LogP contribution < -0.4 is 0 Å². The average molecular weight is 425 g/mol. The zero-order valence-corrected chi connectivity index (χ0v) is 19.8. The highest BCUT2D eigenvalue weighted by molar-refractivity contribution is 5.81. The monoisotopic (exact) mass is 424 g/mol. The predicted octanol–water partition coefficient (Wildman–Crippen LogP) is 7.54. The lowest BCUT2D eigenvalue weighted by atomic mass is 9.79. The van der Waals surface area contributed by atoms with E-state index in [1.165, 1.54) is 77.0 Å². The van der Waals surface area contributed by atoms with Crippen LogP contribution in [0.1, 0.15) is 129 Å². The van der Waals surface area contributed by atoms with Crippen LogP contribution in [0.2, 0.25) is 0 Å². The van der Waals surface area contributed by atoms with Crippen LogP contribution in [0.25, 0.3) is 0 Å². The van der Waals surface area contributed by atoms with E-state index < -0.39 is 17.8 Å². The van der Waals surface area contributed by atoms with Crippen molar-refractivity contribution in [1.82, 2.24) is 0 Å². The molecule has 30 heavy (non-hydrogen) atoms. The lowest BCUT2D eigenvalue weighted by Crippen LogP contribution is -2.33. The molecule has 0 saturated heterocycles. The van der Waals surface area contributed by atoms with Gasteiger partial charge in [-0.3, -0.25) is 9.59 Å². The summed E-state index contributed by atoms with van der Waals surface area (Å²) in [6.07, 6.45) is 21.3. The van der Waals surface area contributed by atoms with Crippen molar-refractivity contribution in [2.24, 2.45) is 17.8 Å². The minimum atomic E-state index is -0.849. The number of rotatable bonds is 18. The molecule has 0 aromatic heterocycles. The number of unbranched alkanes of at least 4 members (excludes halogenated alkanes) is 10. The van der Waals surface area contributed by atoms with E-state index in [1.807, 2.05) is 0 Å². The van der Waals surface area contributed by atoms with Gasteiger partial charge in [0.25, 0.3) is 0 Å². The summed E-state index contributed by atoms with van der Waals surface area (Å²) < 4.78 is 5.38. The summed E-state index contributed by atoms with van der Waals surface area (Å²) >= 11 is 0. The van der Waals surface area contributed by atoms with Crippen LogP contribution >= 0.6 is 0 Å². The highest BCUT2D eigenvalue weighted by Crippen LogP contribution is 2.31. The second kappa shape index (κ2) is 17.6. The Kier molecular flexibility index (Phi) is 15.8. The molecule has 0 radical (unpaired) electrons. The number of aliphatic carboxylic acids is 1. The van der Waals surface area contributed by atoms with Gasteiger partial charge in [-0.2, -0.15) is 0 Å². The Bertz CT molecular complexity index is 448. The van der Waals surface area contributed by atoms with Gasteiger partial charge in [-0.15, -0.1) is 0 Å². The van der Waals surface area contributed by atoms with Gasteiger partial charge >= 0.3 is 11.9 Å². The molecule has 3 atom stereocenters. The molecule has 1 aliphatic carbocycles. The lowest BCUT2D eigenvalue weighted by molar-refractivity contribution is -0.159. The molecule has 0 aromatic rings. The minimum absolute atomic E-state index is 0.290. The molecule has 1 aliphatic rings. The van der Waals surface area contributed by atoms with Crippen molar-refractivity contribution < 1.29 is 19.4 Å². The second-order valence-electron chi connectivity index (χ2n) is 9.57. The minimum Gasteiger partial charge on any atom is -0.481 e. The summed E-state index contributed by atoms with van der Waals surface area (Å²) in [5.74, 6) is -1.23. The molecule has 0 bridgehead atoms. The number of carbonyl (C=O) groups is 2. The van der Waals surface area contributed by atoms with E-state index in [0.29, 0.717) is 19.4 Å². The van der Waals surface area contributed by atoms with Crippen molar-refractivity contribution in [2.45, 2.75) is 129 Å². The molecule has 1 fully saturated rings. The van der Waals surface area contributed by atoms with E-state index in [0.717, 1.165) is 31.6 Å². The van der Waals surface area contributed by atoms with Gasteiger partial charge in [-0.25, -0.2) is 0 Å². The van der Waals surface area contributed by atoms with Crippen LogP contribution in [0.3, 0.4) is 0 Å². The van der Waals surface area contributed by atoms with Crippen LogP contribution in [-0.4, -0.2) is 23.7 Å². The Balaban J connectivity index is 1.90. The van der Waals surface area contributed by atoms with Gasteiger partial charge < -0.3 is 9.84 Å². The van der Waals surface area contributed by atoms with Crippen LogP contribution in [-0.2, 0) is 14.3 Å². The Morgan fingerprint density at radius 1 is 0.800 bits per heavy atom. The van der Waals surface area contributed by atoms with E-state index in [2.05, 4.69) is 13.8 Å². The van der Waals surface area contributed by atoms with Crippen molar-refractivity contribution in [2.75, 3.05) is 6.61 Å². The highest BCUT2D eigenvalue weighted by atomic mass is 16.5. The maximum atomic E-state index is 12.2. The fourth-order valence-corrected chi connectivity index (χ4v) is 4.71. The number of ether oxygens (including phenoxy) is 1. The van der Waals surface area contributed by atoms with E-state index in [-0.39, 0.29) is 5.97 Å². The van der Waals surface area contributed by atoms with E-state index in [9.17, 15) is 14.7 Å². The summed E-state index contributed by atoms with van der Waals surface area (Å²) in [6.45, 7) is 5.13. The maximum Gasteiger partial charge on any atom is 0.309 e. The van der Waals surface area contributed by atoms with Crippen LogP contribution in [0.15, 0.2) is 0 Å². The number of carbonyl (C=O) groups excluding carboxylic acids is 1. The van der Waals surface area contributed by atoms with Crippen LogP contribution in [0.4, 0.5) is 0 Å². The zero-order chi connectivity index (χ0) is 22.0.